The molecule has 0 unspecified atom stereocenters. The van der Waals surface area contributed by atoms with Crippen molar-refractivity contribution in [3.8, 4) is 0 Å². The summed E-state index contributed by atoms with van der Waals surface area (Å²) >= 11 is 0. The first-order valence-corrected chi connectivity index (χ1v) is 22.0. The van der Waals surface area contributed by atoms with Crippen molar-refractivity contribution in [2.24, 2.45) is 44.8 Å². The highest BCUT2D eigenvalue weighted by Gasteiger charge is 2.85. The molecular weight excluding hydrogens is 768 g/mol. The number of carbonyl (C=O) groups is 2. The third-order valence-corrected chi connectivity index (χ3v) is 17.8. The van der Waals surface area contributed by atoms with Gasteiger partial charge in [0.2, 0.25) is 0 Å². The van der Waals surface area contributed by atoms with E-state index in [-0.39, 0.29) is 58.7 Å². The van der Waals surface area contributed by atoms with Crippen molar-refractivity contribution < 1.29 is 73.4 Å². The third-order valence-electron chi connectivity index (χ3n) is 17.8. The van der Waals surface area contributed by atoms with E-state index in [0.29, 0.717) is 25.7 Å². The standard InChI is InChI=1S/C44H70O15/c1-21(45)55-32-25(49)19-54-37(33(32)56-22(2)46)58-28-11-13-44-20-43(44)15-14-40(7)34(42(9)12-10-29(59-42)39(5,6)52)23(47)17-41(40,8)27(43)16-26(35(44)38(28,3)4)57-36-31(51)30(50)24(48)18-53-36/h23-37,47-52H,10-20H2,1-9H3/t23-,24-,25+,26-,27-,28+,29+,30-,31-,32-,33-,34+,35+,36+,37+,40+,41-,42-,43-,44+/m0/s1. The summed E-state index contributed by atoms with van der Waals surface area (Å²) in [6.45, 7) is 16.7. The maximum Gasteiger partial charge on any atom is 0.303 e. The minimum absolute atomic E-state index is 0.0659. The Hall–Kier alpha value is -1.50. The van der Waals surface area contributed by atoms with E-state index in [9.17, 15) is 40.2 Å². The molecule has 15 heteroatoms. The van der Waals surface area contributed by atoms with Gasteiger partial charge in [-0.05, 0) is 117 Å². The van der Waals surface area contributed by atoms with Crippen molar-refractivity contribution in [1.29, 1.82) is 0 Å². The van der Waals surface area contributed by atoms with Crippen LogP contribution in [0, 0.1) is 44.8 Å². The fourth-order valence-electron chi connectivity index (χ4n) is 15.2. The summed E-state index contributed by atoms with van der Waals surface area (Å²) in [5, 5.41) is 66.3. The fourth-order valence-corrected chi connectivity index (χ4v) is 15.2. The van der Waals surface area contributed by atoms with E-state index in [1.54, 1.807) is 13.8 Å². The summed E-state index contributed by atoms with van der Waals surface area (Å²) in [5.41, 5.74) is -3.16. The van der Waals surface area contributed by atoms with Crippen LogP contribution < -0.4 is 0 Å². The molecular formula is C44H70O15. The quantitative estimate of drug-likeness (QED) is 0.153. The molecule has 8 fully saturated rings. The lowest BCUT2D eigenvalue weighted by Gasteiger charge is -2.65. The van der Waals surface area contributed by atoms with E-state index in [4.69, 9.17) is 33.2 Å². The van der Waals surface area contributed by atoms with Crippen LogP contribution in [0.4, 0.5) is 0 Å². The third kappa shape index (κ3) is 6.60. The molecule has 0 aromatic heterocycles. The molecule has 336 valence electrons. The van der Waals surface area contributed by atoms with Crippen molar-refractivity contribution in [3.63, 3.8) is 0 Å². The molecule has 59 heavy (non-hydrogen) atoms. The van der Waals surface area contributed by atoms with E-state index in [1.165, 1.54) is 13.8 Å². The molecule has 8 aliphatic rings. The van der Waals surface area contributed by atoms with Gasteiger partial charge in [-0.1, -0.05) is 27.7 Å². The molecule has 20 atom stereocenters. The van der Waals surface area contributed by atoms with Gasteiger partial charge in [-0.2, -0.15) is 0 Å². The molecule has 0 bridgehead atoms. The summed E-state index contributed by atoms with van der Waals surface area (Å²) in [6.07, 6.45) is -5.24. The highest BCUT2D eigenvalue weighted by Crippen LogP contribution is 2.89. The smallest absolute Gasteiger partial charge is 0.303 e. The number of esters is 2. The number of hydrogen-bond donors (Lipinski definition) is 6. The molecule has 0 radical (unpaired) electrons. The van der Waals surface area contributed by atoms with Crippen molar-refractivity contribution >= 4 is 11.9 Å². The van der Waals surface area contributed by atoms with Crippen molar-refractivity contribution in [1.82, 2.24) is 0 Å². The van der Waals surface area contributed by atoms with Crippen LogP contribution in [0.2, 0.25) is 0 Å². The molecule has 0 amide bonds. The van der Waals surface area contributed by atoms with Gasteiger partial charge in [-0.15, -0.1) is 0 Å². The Morgan fingerprint density at radius 2 is 1.34 bits per heavy atom. The number of ether oxygens (including phenoxy) is 7. The topological polar surface area (TPSA) is 220 Å². The van der Waals surface area contributed by atoms with Gasteiger partial charge in [0.05, 0.1) is 48.8 Å². The first-order chi connectivity index (χ1) is 27.3. The van der Waals surface area contributed by atoms with Crippen LogP contribution in [0.5, 0.6) is 0 Å². The average Bonchev–Trinajstić information content (AvgIpc) is 3.49. The molecule has 3 heterocycles. The molecule has 6 N–H and O–H groups in total. The normalized spacial score (nSPS) is 54.0. The summed E-state index contributed by atoms with van der Waals surface area (Å²) < 4.78 is 43.5. The fraction of sp³-hybridized carbons (Fsp3) is 0.955. The molecule has 3 saturated heterocycles. The van der Waals surface area contributed by atoms with Crippen molar-refractivity contribution in [3.05, 3.63) is 0 Å². The number of hydrogen-bond acceptors (Lipinski definition) is 15. The number of rotatable bonds is 8. The molecule has 15 nitrogen and oxygen atoms in total. The Kier molecular flexibility index (Phi) is 10.9. The van der Waals surface area contributed by atoms with Gasteiger partial charge in [-0.3, -0.25) is 9.59 Å². The van der Waals surface area contributed by atoms with Crippen LogP contribution in [-0.4, -0.2) is 141 Å². The second kappa shape index (κ2) is 14.5. The Morgan fingerprint density at radius 3 is 1.98 bits per heavy atom. The van der Waals surface area contributed by atoms with Gasteiger partial charge in [0.1, 0.15) is 24.4 Å². The van der Waals surface area contributed by atoms with E-state index in [2.05, 4.69) is 34.6 Å². The van der Waals surface area contributed by atoms with E-state index >= 15 is 0 Å². The number of aliphatic hydroxyl groups is 6. The lowest BCUT2D eigenvalue weighted by atomic mass is 9.41. The largest absolute Gasteiger partial charge is 0.455 e. The van der Waals surface area contributed by atoms with Gasteiger partial charge in [0.25, 0.3) is 0 Å². The summed E-state index contributed by atoms with van der Waals surface area (Å²) in [6, 6.07) is 0. The van der Waals surface area contributed by atoms with Gasteiger partial charge in [0.15, 0.2) is 24.8 Å². The van der Waals surface area contributed by atoms with E-state index < -0.39 is 96.1 Å². The molecule has 0 aromatic rings. The summed E-state index contributed by atoms with van der Waals surface area (Å²) in [4.78, 5) is 24.4. The van der Waals surface area contributed by atoms with E-state index in [0.717, 1.165) is 32.1 Å². The summed E-state index contributed by atoms with van der Waals surface area (Å²) in [7, 11) is 0. The lowest BCUT2D eigenvalue weighted by Crippen LogP contribution is -2.65. The predicted octanol–water partition coefficient (Wildman–Crippen LogP) is 2.50. The zero-order chi connectivity index (χ0) is 43.0. The van der Waals surface area contributed by atoms with Gasteiger partial charge in [0, 0.05) is 19.8 Å². The number of aliphatic hydroxyl groups excluding tert-OH is 5. The molecule has 5 aliphatic carbocycles. The van der Waals surface area contributed by atoms with Gasteiger partial charge < -0.3 is 63.8 Å². The van der Waals surface area contributed by atoms with Crippen LogP contribution in [-0.2, 0) is 42.7 Å². The zero-order valence-electron chi connectivity index (χ0n) is 36.3. The molecule has 2 spiro atoms. The SMILES string of the molecule is CC(=O)O[C@@H]1[C@@H](O[C@@H]2CC[C@]34C[C@]35CC[C@]3(C)[C@H]([C@]6(C)CC[C@H](C(C)(C)O)O6)[C@@H](O)C[C@@]3(C)[C@@H]5C[C@H](O[C@H]3OC[C@H](O)[C@H](O)[C@@H]3O)[C@@H]4C2(C)C)OC[C@@H](O)[C@@H]1OC(C)=O. The Morgan fingerprint density at radius 1 is 0.695 bits per heavy atom. The second-order valence-electron chi connectivity index (χ2n) is 21.8. The highest BCUT2D eigenvalue weighted by atomic mass is 16.7. The van der Waals surface area contributed by atoms with Crippen molar-refractivity contribution in [2.45, 2.75) is 205 Å². The minimum atomic E-state index is -1.49. The van der Waals surface area contributed by atoms with Gasteiger partial charge >= 0.3 is 11.9 Å². The van der Waals surface area contributed by atoms with Crippen molar-refractivity contribution in [2.75, 3.05) is 13.2 Å². The first-order valence-electron chi connectivity index (χ1n) is 22.0. The van der Waals surface area contributed by atoms with Crippen LogP contribution in [0.1, 0.15) is 120 Å². The maximum atomic E-state index is 12.3. The van der Waals surface area contributed by atoms with E-state index in [1.807, 2.05) is 0 Å². The monoisotopic (exact) mass is 838 g/mol. The van der Waals surface area contributed by atoms with Gasteiger partial charge in [-0.25, -0.2) is 0 Å². The molecule has 8 rings (SSSR count). The summed E-state index contributed by atoms with van der Waals surface area (Å²) in [5.74, 6) is -1.47. The van der Waals surface area contributed by atoms with Crippen LogP contribution >= 0.6 is 0 Å². The highest BCUT2D eigenvalue weighted by molar-refractivity contribution is 5.67. The first kappa shape index (κ1) is 44.1. The molecule has 3 aliphatic heterocycles. The Bertz CT molecular complexity index is 1630. The Labute approximate surface area is 347 Å². The molecule has 5 saturated carbocycles. The zero-order valence-corrected chi connectivity index (χ0v) is 36.3. The average molecular weight is 839 g/mol. The number of fused-ring (bicyclic) bond motifs is 2. The number of carbonyl (C=O) groups excluding carboxylic acids is 2. The van der Waals surface area contributed by atoms with Crippen LogP contribution in [0.25, 0.3) is 0 Å². The molecule has 0 aromatic carbocycles. The predicted molar refractivity (Wildman–Crippen MR) is 207 cm³/mol. The van der Waals surface area contributed by atoms with Crippen LogP contribution in [0.15, 0.2) is 0 Å². The minimum Gasteiger partial charge on any atom is -0.455 e. The maximum absolute atomic E-state index is 12.3. The van der Waals surface area contributed by atoms with Crippen LogP contribution in [0.3, 0.4) is 0 Å². The Balaban J connectivity index is 1.13. The lowest BCUT2D eigenvalue weighted by molar-refractivity contribution is -0.327. The second-order valence-corrected chi connectivity index (χ2v) is 21.8.